The molecule has 0 unspecified atom stereocenters. The molecular formula is C20H28O8. The molecule has 0 bridgehead atoms. The van der Waals surface area contributed by atoms with Crippen molar-refractivity contribution < 1.29 is 37.9 Å². The van der Waals surface area contributed by atoms with E-state index >= 15 is 0 Å². The van der Waals surface area contributed by atoms with E-state index in [4.69, 9.17) is 37.9 Å². The minimum Gasteiger partial charge on any atom is -0.492 e. The predicted octanol–water partition coefficient (Wildman–Crippen LogP) is 3.69. The maximum Gasteiger partial charge on any atom is 0.208 e. The number of fused-ring (bicyclic) bond motifs is 1. The first-order valence-electron chi connectivity index (χ1n) is 8.63. The third-order valence-electron chi connectivity index (χ3n) is 4.18. The molecular weight excluding hydrogens is 368 g/mol. The van der Waals surface area contributed by atoms with Crippen LogP contribution in [0.2, 0.25) is 0 Å². The van der Waals surface area contributed by atoms with Gasteiger partial charge in [-0.1, -0.05) is 0 Å². The maximum atomic E-state index is 6.01. The Morgan fingerprint density at radius 1 is 0.393 bits per heavy atom. The topological polar surface area (TPSA) is 73.8 Å². The summed E-state index contributed by atoms with van der Waals surface area (Å²) < 4.78 is 45.5. The van der Waals surface area contributed by atoms with Gasteiger partial charge in [0.25, 0.3) is 0 Å². The van der Waals surface area contributed by atoms with Gasteiger partial charge in [-0.15, -0.1) is 0 Å². The Balaban J connectivity index is 3.26. The second kappa shape index (κ2) is 8.86. The fourth-order valence-corrected chi connectivity index (χ4v) is 3.20. The van der Waals surface area contributed by atoms with Crippen molar-refractivity contribution in [2.75, 3.05) is 49.8 Å². The largest absolute Gasteiger partial charge is 0.492 e. The molecule has 0 aromatic heterocycles. The van der Waals surface area contributed by atoms with Crippen LogP contribution in [0.25, 0.3) is 10.8 Å². The molecule has 0 saturated heterocycles. The first-order chi connectivity index (χ1) is 13.4. The molecule has 0 N–H and O–H groups in total. The maximum absolute atomic E-state index is 6.01. The molecule has 8 heteroatoms. The highest BCUT2D eigenvalue weighted by atomic mass is 16.6. The van der Waals surface area contributed by atoms with Crippen LogP contribution < -0.4 is 37.9 Å². The van der Waals surface area contributed by atoms with E-state index in [2.05, 4.69) is 0 Å². The number of hydrogen-bond donors (Lipinski definition) is 0. The van der Waals surface area contributed by atoms with Gasteiger partial charge in [-0.05, 0) is 13.8 Å². The predicted molar refractivity (Wildman–Crippen MR) is 106 cm³/mol. The lowest BCUT2D eigenvalue weighted by molar-refractivity contribution is 0.216. The van der Waals surface area contributed by atoms with Crippen LogP contribution in [0.1, 0.15) is 13.8 Å². The van der Waals surface area contributed by atoms with E-state index in [0.717, 1.165) is 0 Å². The van der Waals surface area contributed by atoms with Crippen LogP contribution in [0.3, 0.4) is 0 Å². The monoisotopic (exact) mass is 396 g/mol. The van der Waals surface area contributed by atoms with E-state index in [0.29, 0.717) is 56.8 Å². The van der Waals surface area contributed by atoms with Gasteiger partial charge in [-0.3, -0.25) is 0 Å². The third kappa shape index (κ3) is 3.23. The minimum absolute atomic E-state index is 0.141. The molecule has 28 heavy (non-hydrogen) atoms. The summed E-state index contributed by atoms with van der Waals surface area (Å²) in [5, 5.41) is 1.09. The quantitative estimate of drug-likeness (QED) is 0.635. The molecule has 8 nitrogen and oxygen atoms in total. The summed E-state index contributed by atoms with van der Waals surface area (Å²) in [6.07, 6.45) is -0.141. The standard InChI is InChI=1S/C20H28O8/c1-10(2)28-20-16(24-6)12-11(15(23-5)19(20)27-9)13(21-3)17(25-7)18(26-8)14(12)22-4/h10H,1-9H3. The van der Waals surface area contributed by atoms with Gasteiger partial charge in [0, 0.05) is 0 Å². The molecule has 0 aliphatic rings. The van der Waals surface area contributed by atoms with Crippen LogP contribution >= 0.6 is 0 Å². The van der Waals surface area contributed by atoms with Crippen LogP contribution in [0.15, 0.2) is 0 Å². The molecule has 0 spiro atoms. The van der Waals surface area contributed by atoms with E-state index in [1.165, 1.54) is 49.8 Å². The molecule has 2 rings (SSSR count). The summed E-state index contributed by atoms with van der Waals surface area (Å²) in [5.74, 6) is 3.04. The van der Waals surface area contributed by atoms with Crippen molar-refractivity contribution in [2.45, 2.75) is 20.0 Å². The summed E-state index contributed by atoms with van der Waals surface area (Å²) in [6, 6.07) is 0. The summed E-state index contributed by atoms with van der Waals surface area (Å²) in [4.78, 5) is 0. The Labute approximate surface area is 165 Å². The Morgan fingerprint density at radius 3 is 0.893 bits per heavy atom. The van der Waals surface area contributed by atoms with E-state index in [1.807, 2.05) is 13.8 Å². The average Bonchev–Trinajstić information content (AvgIpc) is 2.70. The Hall–Kier alpha value is -2.90. The highest BCUT2D eigenvalue weighted by Gasteiger charge is 2.33. The molecule has 0 heterocycles. The zero-order valence-corrected chi connectivity index (χ0v) is 17.8. The van der Waals surface area contributed by atoms with Crippen LogP contribution in [0, 0.1) is 0 Å². The number of ether oxygens (including phenoxy) is 8. The van der Waals surface area contributed by atoms with Crippen LogP contribution in [0.4, 0.5) is 0 Å². The van der Waals surface area contributed by atoms with Gasteiger partial charge >= 0.3 is 0 Å². The lowest BCUT2D eigenvalue weighted by Crippen LogP contribution is -2.10. The van der Waals surface area contributed by atoms with Gasteiger partial charge in [0.05, 0.1) is 66.6 Å². The third-order valence-corrected chi connectivity index (χ3v) is 4.18. The zero-order valence-electron chi connectivity index (χ0n) is 17.8. The van der Waals surface area contributed by atoms with E-state index in [9.17, 15) is 0 Å². The van der Waals surface area contributed by atoms with Crippen LogP contribution in [-0.4, -0.2) is 55.9 Å². The molecule has 0 saturated carbocycles. The fourth-order valence-electron chi connectivity index (χ4n) is 3.20. The molecule has 0 aliphatic carbocycles. The van der Waals surface area contributed by atoms with Gasteiger partial charge < -0.3 is 37.9 Å². The van der Waals surface area contributed by atoms with Crippen molar-refractivity contribution in [3.8, 4) is 46.0 Å². The van der Waals surface area contributed by atoms with Crippen LogP contribution in [0.5, 0.6) is 46.0 Å². The molecule has 2 aromatic rings. The van der Waals surface area contributed by atoms with Gasteiger partial charge in [0.15, 0.2) is 23.0 Å². The molecule has 0 radical (unpaired) electrons. The normalized spacial score (nSPS) is 10.6. The van der Waals surface area contributed by atoms with Gasteiger partial charge in [0.1, 0.15) is 0 Å². The van der Waals surface area contributed by atoms with E-state index in [-0.39, 0.29) is 6.10 Å². The Bertz CT molecular complexity index is 845. The summed E-state index contributed by atoms with van der Waals surface area (Å²) >= 11 is 0. The van der Waals surface area contributed by atoms with Crippen molar-refractivity contribution in [3.05, 3.63) is 0 Å². The van der Waals surface area contributed by atoms with Gasteiger partial charge in [-0.25, -0.2) is 0 Å². The smallest absolute Gasteiger partial charge is 0.208 e. The van der Waals surface area contributed by atoms with Crippen molar-refractivity contribution in [1.29, 1.82) is 0 Å². The highest BCUT2D eigenvalue weighted by molar-refractivity contribution is 6.09. The van der Waals surface area contributed by atoms with E-state index < -0.39 is 0 Å². The zero-order chi connectivity index (χ0) is 21.0. The summed E-state index contributed by atoms with van der Waals surface area (Å²) in [5.41, 5.74) is 0. The van der Waals surface area contributed by atoms with Gasteiger partial charge in [0.2, 0.25) is 23.0 Å². The number of benzene rings is 2. The number of hydrogen-bond acceptors (Lipinski definition) is 8. The number of methoxy groups -OCH3 is 7. The summed E-state index contributed by atoms with van der Waals surface area (Å²) in [6.45, 7) is 3.81. The Morgan fingerprint density at radius 2 is 0.643 bits per heavy atom. The second-order valence-electron chi connectivity index (χ2n) is 5.98. The van der Waals surface area contributed by atoms with Crippen molar-refractivity contribution in [1.82, 2.24) is 0 Å². The minimum atomic E-state index is -0.141. The average molecular weight is 396 g/mol. The SMILES string of the molecule is COc1c(OC)c(OC)c2c(OC)c(OC(C)C)c(OC)c(OC)c2c1OC. The highest BCUT2D eigenvalue weighted by Crippen LogP contribution is 2.61. The van der Waals surface area contributed by atoms with Crippen molar-refractivity contribution >= 4 is 10.8 Å². The summed E-state index contributed by atoms with van der Waals surface area (Å²) in [7, 11) is 10.7. The molecule has 0 atom stereocenters. The van der Waals surface area contributed by atoms with E-state index in [1.54, 1.807) is 0 Å². The molecule has 2 aromatic carbocycles. The molecule has 0 aliphatic heterocycles. The molecule has 0 fully saturated rings. The fraction of sp³-hybridized carbons (Fsp3) is 0.500. The lowest BCUT2D eigenvalue weighted by Gasteiger charge is -2.25. The first-order valence-corrected chi connectivity index (χ1v) is 8.63. The van der Waals surface area contributed by atoms with Crippen molar-refractivity contribution in [3.63, 3.8) is 0 Å². The number of rotatable bonds is 9. The van der Waals surface area contributed by atoms with Gasteiger partial charge in [-0.2, -0.15) is 0 Å². The Kier molecular flexibility index (Phi) is 6.77. The molecule has 0 amide bonds. The van der Waals surface area contributed by atoms with Crippen LogP contribution in [-0.2, 0) is 0 Å². The van der Waals surface area contributed by atoms with Crippen molar-refractivity contribution in [2.24, 2.45) is 0 Å². The second-order valence-corrected chi connectivity index (χ2v) is 5.98. The lowest BCUT2D eigenvalue weighted by atomic mass is 10.0. The first kappa shape index (κ1) is 21.4. The molecule has 156 valence electrons.